The number of fused-ring (bicyclic) bond motifs is 3. The van der Waals surface area contributed by atoms with Crippen LogP contribution < -0.4 is 19.5 Å². The standard InChI is InChI=1S/C20H27N3O4S2/c1-26-15-7-8-16-17(11-15)27-10-9-18-19(16)22-20(28-18)21-12-13-3-5-14(6-4-13)23-29(2,24)25/h7-8,11,13-14,23H,3-6,9-10,12H2,1-2H3,(H,21,22)/t13-,14-. The van der Waals surface area contributed by atoms with Crippen LogP contribution in [0.2, 0.25) is 0 Å². The predicted molar refractivity (Wildman–Crippen MR) is 116 cm³/mol. The third kappa shape index (κ3) is 5.02. The van der Waals surface area contributed by atoms with Crippen molar-refractivity contribution in [3.05, 3.63) is 23.1 Å². The fraction of sp³-hybridized carbons (Fsp3) is 0.550. The lowest BCUT2D eigenvalue weighted by Gasteiger charge is -2.28. The highest BCUT2D eigenvalue weighted by molar-refractivity contribution is 7.88. The number of aromatic nitrogens is 1. The summed E-state index contributed by atoms with van der Waals surface area (Å²) in [7, 11) is -1.47. The van der Waals surface area contributed by atoms with Crippen LogP contribution >= 0.6 is 11.3 Å². The molecule has 1 fully saturated rings. The zero-order valence-electron chi connectivity index (χ0n) is 16.7. The van der Waals surface area contributed by atoms with Crippen LogP contribution in [0.4, 0.5) is 5.13 Å². The number of hydrogen-bond acceptors (Lipinski definition) is 7. The van der Waals surface area contributed by atoms with Crippen molar-refractivity contribution < 1.29 is 17.9 Å². The Hall–Kier alpha value is -1.84. The van der Waals surface area contributed by atoms with E-state index in [0.29, 0.717) is 12.5 Å². The minimum absolute atomic E-state index is 0.0747. The van der Waals surface area contributed by atoms with Gasteiger partial charge in [0.15, 0.2) is 5.13 Å². The first-order chi connectivity index (χ1) is 13.9. The van der Waals surface area contributed by atoms with Crippen molar-refractivity contribution in [3.8, 4) is 22.8 Å². The van der Waals surface area contributed by atoms with Gasteiger partial charge in [0.05, 0.1) is 25.7 Å². The minimum Gasteiger partial charge on any atom is -0.497 e. The zero-order chi connectivity index (χ0) is 20.4. The van der Waals surface area contributed by atoms with Gasteiger partial charge in [0.1, 0.15) is 11.5 Å². The fourth-order valence-electron chi connectivity index (χ4n) is 4.02. The van der Waals surface area contributed by atoms with E-state index in [-0.39, 0.29) is 6.04 Å². The molecule has 7 nitrogen and oxygen atoms in total. The van der Waals surface area contributed by atoms with Gasteiger partial charge in [-0.3, -0.25) is 0 Å². The Kier molecular flexibility index (Phi) is 5.98. The summed E-state index contributed by atoms with van der Waals surface area (Å²) in [4.78, 5) is 6.08. The number of sulfonamides is 1. The van der Waals surface area contributed by atoms with Crippen molar-refractivity contribution in [3.63, 3.8) is 0 Å². The van der Waals surface area contributed by atoms with Gasteiger partial charge in [-0.05, 0) is 43.7 Å². The number of benzene rings is 1. The minimum atomic E-state index is -3.12. The topological polar surface area (TPSA) is 89.5 Å². The Morgan fingerprint density at radius 3 is 2.79 bits per heavy atom. The van der Waals surface area contributed by atoms with Gasteiger partial charge in [-0.1, -0.05) is 0 Å². The quantitative estimate of drug-likeness (QED) is 0.721. The molecule has 0 spiro atoms. The van der Waals surface area contributed by atoms with Crippen LogP contribution in [0.3, 0.4) is 0 Å². The molecule has 29 heavy (non-hydrogen) atoms. The number of nitrogens with one attached hydrogen (secondary N) is 2. The van der Waals surface area contributed by atoms with Crippen molar-refractivity contribution in [2.45, 2.75) is 38.1 Å². The average molecular weight is 438 g/mol. The van der Waals surface area contributed by atoms with Crippen molar-refractivity contribution in [2.75, 3.05) is 31.8 Å². The molecule has 9 heteroatoms. The van der Waals surface area contributed by atoms with Gasteiger partial charge < -0.3 is 14.8 Å². The van der Waals surface area contributed by atoms with E-state index in [9.17, 15) is 8.42 Å². The van der Waals surface area contributed by atoms with Crippen molar-refractivity contribution in [1.29, 1.82) is 0 Å². The first-order valence-corrected chi connectivity index (χ1v) is 12.6. The summed E-state index contributed by atoms with van der Waals surface area (Å²) in [6.45, 7) is 1.50. The summed E-state index contributed by atoms with van der Waals surface area (Å²) in [5, 5.41) is 4.45. The second kappa shape index (κ2) is 8.49. The maximum absolute atomic E-state index is 11.4. The van der Waals surface area contributed by atoms with Crippen molar-refractivity contribution in [1.82, 2.24) is 9.71 Å². The Bertz CT molecular complexity index is 966. The van der Waals surface area contributed by atoms with E-state index < -0.39 is 10.0 Å². The molecule has 1 aromatic carbocycles. The molecule has 1 aliphatic heterocycles. The number of methoxy groups -OCH3 is 1. The van der Waals surface area contributed by atoms with E-state index >= 15 is 0 Å². The molecule has 0 amide bonds. The molecular weight excluding hydrogens is 410 g/mol. The van der Waals surface area contributed by atoms with E-state index in [2.05, 4.69) is 10.0 Å². The molecular formula is C20H27N3O4S2. The van der Waals surface area contributed by atoms with E-state index in [1.165, 1.54) is 11.1 Å². The lowest BCUT2D eigenvalue weighted by atomic mass is 9.86. The summed E-state index contributed by atoms with van der Waals surface area (Å²) >= 11 is 1.69. The highest BCUT2D eigenvalue weighted by atomic mass is 32.2. The lowest BCUT2D eigenvalue weighted by molar-refractivity contribution is 0.324. The highest BCUT2D eigenvalue weighted by Crippen LogP contribution is 2.40. The summed E-state index contributed by atoms with van der Waals surface area (Å²) < 4.78 is 36.7. The van der Waals surface area contributed by atoms with Gasteiger partial charge >= 0.3 is 0 Å². The van der Waals surface area contributed by atoms with Gasteiger partial charge in [0.25, 0.3) is 0 Å². The molecule has 158 valence electrons. The first-order valence-electron chi connectivity index (χ1n) is 9.93. The van der Waals surface area contributed by atoms with Crippen LogP contribution in [0.5, 0.6) is 11.5 Å². The molecule has 2 heterocycles. The van der Waals surface area contributed by atoms with Crippen LogP contribution in [0.15, 0.2) is 18.2 Å². The van der Waals surface area contributed by atoms with Crippen LogP contribution in [-0.2, 0) is 16.4 Å². The molecule has 0 radical (unpaired) electrons. The largest absolute Gasteiger partial charge is 0.497 e. The van der Waals surface area contributed by atoms with Crippen LogP contribution in [0.1, 0.15) is 30.6 Å². The Labute approximate surface area is 175 Å². The molecule has 0 atom stereocenters. The van der Waals surface area contributed by atoms with Gasteiger partial charge in [0, 0.05) is 35.5 Å². The molecule has 4 rings (SSSR count). The van der Waals surface area contributed by atoms with Crippen molar-refractivity contribution >= 4 is 26.5 Å². The van der Waals surface area contributed by atoms with E-state index in [1.54, 1.807) is 18.4 Å². The molecule has 1 aromatic heterocycles. The number of ether oxygens (including phenoxy) is 2. The molecule has 2 aliphatic rings. The molecule has 2 N–H and O–H groups in total. The second-order valence-electron chi connectivity index (χ2n) is 7.74. The molecule has 2 aromatic rings. The number of hydrogen-bond donors (Lipinski definition) is 2. The zero-order valence-corrected chi connectivity index (χ0v) is 18.4. The number of rotatable bonds is 6. The van der Waals surface area contributed by atoms with Crippen LogP contribution in [0, 0.1) is 5.92 Å². The predicted octanol–water partition coefficient (Wildman–Crippen LogP) is 3.27. The SMILES string of the molecule is COc1ccc2c(c1)OCCc1sc(NC[C@H]3CC[C@H](NS(C)(=O)=O)CC3)nc1-2. The highest BCUT2D eigenvalue weighted by Gasteiger charge is 2.24. The van der Waals surface area contributed by atoms with Crippen LogP contribution in [-0.4, -0.2) is 46.0 Å². The summed E-state index contributed by atoms with van der Waals surface area (Å²) in [6.07, 6.45) is 5.88. The molecule has 1 saturated carbocycles. The smallest absolute Gasteiger partial charge is 0.208 e. The van der Waals surface area contributed by atoms with E-state index in [1.807, 2.05) is 18.2 Å². The summed E-state index contributed by atoms with van der Waals surface area (Å²) in [5.74, 6) is 2.13. The second-order valence-corrected chi connectivity index (χ2v) is 10.6. The molecule has 0 saturated heterocycles. The molecule has 0 bridgehead atoms. The monoisotopic (exact) mass is 437 g/mol. The van der Waals surface area contributed by atoms with Gasteiger partial charge in [-0.2, -0.15) is 0 Å². The van der Waals surface area contributed by atoms with Gasteiger partial charge in [-0.15, -0.1) is 11.3 Å². The maximum atomic E-state index is 11.4. The number of nitrogens with zero attached hydrogens (tertiary/aromatic N) is 1. The fourth-order valence-corrected chi connectivity index (χ4v) is 5.83. The molecule has 0 unspecified atom stereocenters. The third-order valence-electron chi connectivity index (χ3n) is 5.50. The summed E-state index contributed by atoms with van der Waals surface area (Å²) in [5.41, 5.74) is 2.00. The Morgan fingerprint density at radius 2 is 2.07 bits per heavy atom. The number of thiazole rings is 1. The Morgan fingerprint density at radius 1 is 1.28 bits per heavy atom. The maximum Gasteiger partial charge on any atom is 0.208 e. The van der Waals surface area contributed by atoms with Gasteiger partial charge in [0.2, 0.25) is 10.0 Å². The van der Waals surface area contributed by atoms with Gasteiger partial charge in [-0.25, -0.2) is 18.1 Å². The van der Waals surface area contributed by atoms with E-state index in [4.69, 9.17) is 14.5 Å². The first kappa shape index (κ1) is 20.4. The molecule has 1 aliphatic carbocycles. The van der Waals surface area contributed by atoms with Crippen molar-refractivity contribution in [2.24, 2.45) is 5.92 Å². The Balaban J connectivity index is 1.39. The lowest BCUT2D eigenvalue weighted by Crippen LogP contribution is -2.37. The normalized spacial score (nSPS) is 21.4. The average Bonchev–Trinajstić information content (AvgIpc) is 3.01. The van der Waals surface area contributed by atoms with Crippen LogP contribution in [0.25, 0.3) is 11.3 Å². The third-order valence-corrected chi connectivity index (χ3v) is 7.33. The summed E-state index contributed by atoms with van der Waals surface area (Å²) in [6, 6.07) is 5.94. The number of anilines is 1. The van der Waals surface area contributed by atoms with E-state index in [0.717, 1.165) is 66.5 Å².